The third kappa shape index (κ3) is 8.36. The standard InChI is InChI=1S/C39H49N7O5S/c1-25-11-9-12-26(2)35(25)32-16-34-43-37(42-32)44-52(48,49)31-14-10-13-27(15-31)36(47)45(28(23-51-34)17-38(3,4)5)21-33-40-19-30(20-41-33)46-24-39(6,7)18-29(46)22-50-8/h9-16,19-20,28-29H,17-18,21-24H2,1-8H3,(H,42,43,44)/t28-,29+/m1/s1. The van der Waals surface area contributed by atoms with Crippen LogP contribution in [0.1, 0.15) is 74.8 Å². The maximum absolute atomic E-state index is 14.5. The van der Waals surface area contributed by atoms with Crippen LogP contribution in [0.25, 0.3) is 11.3 Å². The fourth-order valence-corrected chi connectivity index (χ4v) is 8.31. The second-order valence-corrected chi connectivity index (χ2v) is 17.6. The summed E-state index contributed by atoms with van der Waals surface area (Å²) < 4.78 is 41.9. The lowest BCUT2D eigenvalue weighted by molar-refractivity contribution is 0.0505. The molecule has 52 heavy (non-hydrogen) atoms. The maximum Gasteiger partial charge on any atom is 0.264 e. The normalized spacial score (nSPS) is 20.0. The zero-order valence-corrected chi connectivity index (χ0v) is 32.1. The van der Waals surface area contributed by atoms with Crippen LogP contribution in [-0.4, -0.2) is 78.1 Å². The van der Waals surface area contributed by atoms with Gasteiger partial charge in [-0.05, 0) is 66.8 Å². The van der Waals surface area contributed by atoms with Crippen LogP contribution in [0, 0.1) is 24.7 Å². The number of amides is 1. The summed E-state index contributed by atoms with van der Waals surface area (Å²) in [5.41, 5.74) is 4.34. The first-order valence-electron chi connectivity index (χ1n) is 17.6. The molecule has 2 aromatic heterocycles. The Hall–Kier alpha value is -4.62. The largest absolute Gasteiger partial charge is 0.475 e. The minimum absolute atomic E-state index is 0.0775. The fourth-order valence-electron chi connectivity index (χ4n) is 7.32. The van der Waals surface area contributed by atoms with Crippen molar-refractivity contribution in [2.45, 2.75) is 84.8 Å². The molecule has 6 rings (SSSR count). The summed E-state index contributed by atoms with van der Waals surface area (Å²) >= 11 is 0. The first-order chi connectivity index (χ1) is 24.5. The second kappa shape index (κ2) is 14.4. The van der Waals surface area contributed by atoms with Crippen molar-refractivity contribution in [1.82, 2.24) is 24.8 Å². The summed E-state index contributed by atoms with van der Waals surface area (Å²) in [6.07, 6.45) is 5.17. The van der Waals surface area contributed by atoms with Crippen LogP contribution in [0.5, 0.6) is 5.88 Å². The highest BCUT2D eigenvalue weighted by molar-refractivity contribution is 7.92. The van der Waals surface area contributed by atoms with Crippen LogP contribution >= 0.6 is 0 Å². The number of benzene rings is 2. The zero-order valence-electron chi connectivity index (χ0n) is 31.3. The molecule has 1 N–H and O–H groups in total. The van der Waals surface area contributed by atoms with E-state index in [2.05, 4.69) is 54.2 Å². The molecular formula is C39H49N7O5S. The van der Waals surface area contributed by atoms with E-state index in [1.807, 2.05) is 44.4 Å². The van der Waals surface area contributed by atoms with Gasteiger partial charge in [-0.1, -0.05) is 58.9 Å². The number of anilines is 2. The highest BCUT2D eigenvalue weighted by atomic mass is 32.2. The van der Waals surface area contributed by atoms with E-state index in [-0.39, 0.29) is 58.2 Å². The molecule has 2 aliphatic heterocycles. The molecule has 1 fully saturated rings. The minimum atomic E-state index is -4.19. The number of fused-ring (bicyclic) bond motifs is 4. The predicted molar refractivity (Wildman–Crippen MR) is 201 cm³/mol. The lowest BCUT2D eigenvalue weighted by atomic mass is 9.87. The summed E-state index contributed by atoms with van der Waals surface area (Å²) in [5.74, 6) is 0.145. The number of aromatic nitrogens is 4. The Morgan fingerprint density at radius 1 is 1.00 bits per heavy atom. The van der Waals surface area contributed by atoms with Crippen molar-refractivity contribution in [2.75, 3.05) is 36.5 Å². The molecule has 0 spiro atoms. The molecule has 13 heteroatoms. The molecule has 0 unspecified atom stereocenters. The number of carbonyl (C=O) groups excluding carboxylic acids is 1. The molecule has 2 aliphatic rings. The molecule has 0 aliphatic carbocycles. The highest BCUT2D eigenvalue weighted by Crippen LogP contribution is 2.37. The molecule has 4 heterocycles. The smallest absolute Gasteiger partial charge is 0.264 e. The van der Waals surface area contributed by atoms with Crippen molar-refractivity contribution in [3.63, 3.8) is 0 Å². The molecule has 1 saturated heterocycles. The molecule has 276 valence electrons. The number of hydrogen-bond acceptors (Lipinski definition) is 10. The van der Waals surface area contributed by atoms with Crippen LogP contribution in [0.4, 0.5) is 11.6 Å². The molecule has 1 amide bonds. The van der Waals surface area contributed by atoms with Crippen molar-refractivity contribution in [3.05, 3.63) is 83.4 Å². The van der Waals surface area contributed by atoms with Crippen molar-refractivity contribution in [3.8, 4) is 17.1 Å². The summed E-state index contributed by atoms with van der Waals surface area (Å²) in [5, 5.41) is 0. The number of carbonyl (C=O) groups is 1. The predicted octanol–water partition coefficient (Wildman–Crippen LogP) is 6.44. The Labute approximate surface area is 307 Å². The van der Waals surface area contributed by atoms with Gasteiger partial charge >= 0.3 is 0 Å². The Kier molecular flexibility index (Phi) is 10.3. The Bertz CT molecular complexity index is 2030. The van der Waals surface area contributed by atoms with E-state index in [0.29, 0.717) is 24.5 Å². The van der Waals surface area contributed by atoms with Gasteiger partial charge in [0.05, 0.1) is 53.9 Å². The number of sulfonamides is 1. The Balaban J connectivity index is 1.41. The van der Waals surface area contributed by atoms with Gasteiger partial charge in [0.1, 0.15) is 12.4 Å². The van der Waals surface area contributed by atoms with Gasteiger partial charge in [-0.2, -0.15) is 4.98 Å². The lowest BCUT2D eigenvalue weighted by Gasteiger charge is -2.35. The molecule has 2 aromatic carbocycles. The molecule has 2 atom stereocenters. The molecule has 4 bridgehead atoms. The van der Waals surface area contributed by atoms with Crippen molar-refractivity contribution < 1.29 is 22.7 Å². The van der Waals surface area contributed by atoms with Gasteiger partial charge in [-0.25, -0.2) is 28.1 Å². The quantitative estimate of drug-likeness (QED) is 0.226. The Morgan fingerprint density at radius 2 is 1.69 bits per heavy atom. The highest BCUT2D eigenvalue weighted by Gasteiger charge is 2.38. The van der Waals surface area contributed by atoms with E-state index in [4.69, 9.17) is 19.4 Å². The van der Waals surface area contributed by atoms with Gasteiger partial charge in [0, 0.05) is 30.8 Å². The van der Waals surface area contributed by atoms with E-state index in [9.17, 15) is 13.2 Å². The Morgan fingerprint density at radius 3 is 2.37 bits per heavy atom. The van der Waals surface area contributed by atoms with Crippen LogP contribution in [-0.2, 0) is 21.3 Å². The van der Waals surface area contributed by atoms with Gasteiger partial charge < -0.3 is 19.3 Å². The summed E-state index contributed by atoms with van der Waals surface area (Å²) in [4.78, 5) is 37.0. The van der Waals surface area contributed by atoms with Gasteiger partial charge in [0.2, 0.25) is 11.8 Å². The van der Waals surface area contributed by atoms with Crippen LogP contribution in [0.15, 0.2) is 65.8 Å². The average Bonchev–Trinajstić information content (AvgIpc) is 3.38. The van der Waals surface area contributed by atoms with E-state index >= 15 is 0 Å². The van der Waals surface area contributed by atoms with Crippen LogP contribution < -0.4 is 14.4 Å². The number of nitrogens with one attached hydrogen (secondary N) is 1. The van der Waals surface area contributed by atoms with E-state index < -0.39 is 16.1 Å². The number of ether oxygens (including phenoxy) is 2. The number of rotatable bonds is 7. The summed E-state index contributed by atoms with van der Waals surface area (Å²) in [6.45, 7) is 16.4. The monoisotopic (exact) mass is 727 g/mol. The van der Waals surface area contributed by atoms with E-state index in [1.54, 1.807) is 30.2 Å². The number of methoxy groups -OCH3 is 1. The van der Waals surface area contributed by atoms with E-state index in [0.717, 1.165) is 35.3 Å². The summed E-state index contributed by atoms with van der Waals surface area (Å²) in [6, 6.07) is 13.4. The molecular weight excluding hydrogens is 679 g/mol. The molecule has 0 radical (unpaired) electrons. The van der Waals surface area contributed by atoms with Crippen molar-refractivity contribution in [1.29, 1.82) is 0 Å². The van der Waals surface area contributed by atoms with Gasteiger partial charge in [-0.3, -0.25) is 4.79 Å². The average molecular weight is 728 g/mol. The number of aryl methyl sites for hydroxylation is 2. The fraction of sp³-hybridized carbons (Fsp3) is 0.462. The molecule has 12 nitrogen and oxygen atoms in total. The first-order valence-corrected chi connectivity index (χ1v) is 19.1. The number of nitrogens with zero attached hydrogens (tertiary/aromatic N) is 6. The first kappa shape index (κ1) is 37.1. The van der Waals surface area contributed by atoms with E-state index in [1.165, 1.54) is 12.1 Å². The van der Waals surface area contributed by atoms with Crippen LogP contribution in [0.2, 0.25) is 0 Å². The second-order valence-electron chi connectivity index (χ2n) is 15.9. The van der Waals surface area contributed by atoms with Crippen molar-refractivity contribution >= 4 is 27.6 Å². The molecule has 0 saturated carbocycles. The maximum atomic E-state index is 14.5. The van der Waals surface area contributed by atoms with Gasteiger partial charge in [0.25, 0.3) is 15.9 Å². The van der Waals surface area contributed by atoms with Crippen LogP contribution in [0.3, 0.4) is 0 Å². The third-order valence-electron chi connectivity index (χ3n) is 9.55. The number of hydrogen-bond donors (Lipinski definition) is 1. The zero-order chi connectivity index (χ0) is 37.4. The lowest BCUT2D eigenvalue weighted by Crippen LogP contribution is -2.45. The minimum Gasteiger partial charge on any atom is -0.475 e. The topological polar surface area (TPSA) is 140 Å². The third-order valence-corrected chi connectivity index (χ3v) is 10.9. The van der Waals surface area contributed by atoms with Gasteiger partial charge in [-0.15, -0.1) is 0 Å². The van der Waals surface area contributed by atoms with Gasteiger partial charge in [0.15, 0.2) is 0 Å². The SMILES string of the molecule is COC[C@@H]1CC(C)(C)CN1c1cnc(CN2C(=O)c3cccc(c3)S(=O)(=O)Nc3nc(cc(-c4c(C)cccc4C)n3)OC[C@H]2CC(C)(C)C)nc1. The summed E-state index contributed by atoms with van der Waals surface area (Å²) in [7, 11) is -2.48. The molecule has 4 aromatic rings. The van der Waals surface area contributed by atoms with Crippen molar-refractivity contribution in [2.24, 2.45) is 10.8 Å².